The first-order valence-corrected chi connectivity index (χ1v) is 7.35. The van der Waals surface area contributed by atoms with E-state index in [1.54, 1.807) is 7.11 Å². The zero-order valence-corrected chi connectivity index (χ0v) is 13.1. The lowest BCUT2D eigenvalue weighted by molar-refractivity contribution is 0.0937. The fourth-order valence-corrected chi connectivity index (χ4v) is 3.42. The summed E-state index contributed by atoms with van der Waals surface area (Å²) >= 11 is 15.9. The highest BCUT2D eigenvalue weighted by Gasteiger charge is 2.34. The van der Waals surface area contributed by atoms with Crippen molar-refractivity contribution >= 4 is 39.1 Å². The van der Waals surface area contributed by atoms with Gasteiger partial charge < -0.3 is 4.74 Å². The standard InChI is InChI=1S/C13H17BrCl2O/c1-10(17-2)7-13(8-15,9-16)11-5-3-4-6-12(11)14/h3-6,10H,7-9H2,1-2H3. The second-order valence-electron chi connectivity index (χ2n) is 4.28. The molecule has 4 heteroatoms. The number of hydrogen-bond donors (Lipinski definition) is 0. The molecule has 0 saturated carbocycles. The largest absolute Gasteiger partial charge is 0.382 e. The van der Waals surface area contributed by atoms with Crippen LogP contribution in [0.15, 0.2) is 28.7 Å². The van der Waals surface area contributed by atoms with E-state index in [0.29, 0.717) is 11.8 Å². The van der Waals surface area contributed by atoms with E-state index in [0.717, 1.165) is 16.5 Å². The first kappa shape index (κ1) is 15.3. The van der Waals surface area contributed by atoms with Crippen molar-refractivity contribution in [3.8, 4) is 0 Å². The SMILES string of the molecule is COC(C)CC(CCl)(CCl)c1ccccc1Br. The summed E-state index contributed by atoms with van der Waals surface area (Å²) in [6, 6.07) is 8.07. The Labute approximate surface area is 122 Å². The maximum atomic E-state index is 6.17. The first-order valence-electron chi connectivity index (χ1n) is 5.49. The molecule has 1 aromatic carbocycles. The summed E-state index contributed by atoms with van der Waals surface area (Å²) < 4.78 is 6.38. The molecule has 0 fully saturated rings. The van der Waals surface area contributed by atoms with Crippen LogP contribution in [0.3, 0.4) is 0 Å². The monoisotopic (exact) mass is 338 g/mol. The number of methoxy groups -OCH3 is 1. The molecule has 1 nitrogen and oxygen atoms in total. The van der Waals surface area contributed by atoms with Gasteiger partial charge in [-0.3, -0.25) is 0 Å². The average Bonchev–Trinajstić information content (AvgIpc) is 2.36. The topological polar surface area (TPSA) is 9.23 Å². The molecule has 0 radical (unpaired) electrons. The molecular formula is C13H17BrCl2O. The Bertz CT molecular complexity index is 353. The second-order valence-corrected chi connectivity index (χ2v) is 5.67. The molecule has 17 heavy (non-hydrogen) atoms. The summed E-state index contributed by atoms with van der Waals surface area (Å²) in [6.45, 7) is 2.03. The fourth-order valence-electron chi connectivity index (χ4n) is 1.92. The van der Waals surface area contributed by atoms with Crippen LogP contribution in [0.2, 0.25) is 0 Å². The van der Waals surface area contributed by atoms with Crippen LogP contribution < -0.4 is 0 Å². The highest BCUT2D eigenvalue weighted by molar-refractivity contribution is 9.10. The minimum Gasteiger partial charge on any atom is -0.382 e. The summed E-state index contributed by atoms with van der Waals surface area (Å²) in [4.78, 5) is 0. The van der Waals surface area contributed by atoms with Gasteiger partial charge in [0.2, 0.25) is 0 Å². The number of rotatable bonds is 6. The van der Waals surface area contributed by atoms with Crippen molar-refractivity contribution in [3.05, 3.63) is 34.3 Å². The van der Waals surface area contributed by atoms with E-state index in [2.05, 4.69) is 22.0 Å². The normalized spacial score (nSPS) is 13.7. The molecule has 0 spiro atoms. The van der Waals surface area contributed by atoms with E-state index >= 15 is 0 Å². The second kappa shape index (κ2) is 6.98. The number of hydrogen-bond acceptors (Lipinski definition) is 1. The van der Waals surface area contributed by atoms with Crippen molar-refractivity contribution in [2.75, 3.05) is 18.9 Å². The summed E-state index contributed by atoms with van der Waals surface area (Å²) in [5.41, 5.74) is 0.896. The smallest absolute Gasteiger partial charge is 0.0552 e. The minimum atomic E-state index is -0.251. The van der Waals surface area contributed by atoms with Gasteiger partial charge in [0, 0.05) is 28.8 Å². The van der Waals surface area contributed by atoms with Crippen molar-refractivity contribution in [1.82, 2.24) is 0 Å². The lowest BCUT2D eigenvalue weighted by Gasteiger charge is -2.33. The Hall–Kier alpha value is 0.240. The molecule has 0 aliphatic rings. The Morgan fingerprint density at radius 2 is 1.88 bits per heavy atom. The van der Waals surface area contributed by atoms with Gasteiger partial charge in [0.15, 0.2) is 0 Å². The van der Waals surface area contributed by atoms with Gasteiger partial charge in [0.1, 0.15) is 0 Å². The van der Waals surface area contributed by atoms with Crippen LogP contribution in [-0.2, 0) is 10.2 Å². The van der Waals surface area contributed by atoms with Crippen molar-refractivity contribution in [2.45, 2.75) is 24.9 Å². The van der Waals surface area contributed by atoms with Crippen LogP contribution in [0, 0.1) is 0 Å². The average molecular weight is 340 g/mol. The predicted octanol–water partition coefficient (Wildman–Crippen LogP) is 4.59. The summed E-state index contributed by atoms with van der Waals surface area (Å²) in [6.07, 6.45) is 0.929. The van der Waals surface area contributed by atoms with Gasteiger partial charge in [-0.1, -0.05) is 34.1 Å². The highest BCUT2D eigenvalue weighted by atomic mass is 79.9. The third kappa shape index (κ3) is 3.60. The molecule has 0 N–H and O–H groups in total. The van der Waals surface area contributed by atoms with E-state index in [4.69, 9.17) is 27.9 Å². The van der Waals surface area contributed by atoms with E-state index in [9.17, 15) is 0 Å². The van der Waals surface area contributed by atoms with Crippen LogP contribution in [-0.4, -0.2) is 25.0 Å². The molecule has 0 aliphatic carbocycles. The van der Waals surface area contributed by atoms with Crippen molar-refractivity contribution < 1.29 is 4.74 Å². The summed E-state index contributed by atoms with van der Waals surface area (Å²) in [5.74, 6) is 0.958. The number of ether oxygens (including phenoxy) is 1. The molecule has 0 aliphatic heterocycles. The van der Waals surface area contributed by atoms with Gasteiger partial charge in [0.05, 0.1) is 6.10 Å². The molecule has 0 heterocycles. The molecule has 1 rings (SSSR count). The zero-order valence-electron chi connectivity index (χ0n) is 10.1. The van der Waals surface area contributed by atoms with Crippen LogP contribution in [0.5, 0.6) is 0 Å². The molecule has 0 bridgehead atoms. The number of alkyl halides is 2. The lowest BCUT2D eigenvalue weighted by atomic mass is 9.79. The van der Waals surface area contributed by atoms with E-state index in [1.165, 1.54) is 0 Å². The highest BCUT2D eigenvalue weighted by Crippen LogP contribution is 2.37. The number of benzene rings is 1. The van der Waals surface area contributed by atoms with Crippen LogP contribution in [0.1, 0.15) is 18.9 Å². The van der Waals surface area contributed by atoms with Crippen molar-refractivity contribution in [2.24, 2.45) is 0 Å². The number of halogens is 3. The Morgan fingerprint density at radius 1 is 1.29 bits per heavy atom. The third-order valence-corrected chi connectivity index (χ3v) is 4.75. The summed E-state index contributed by atoms with van der Waals surface area (Å²) in [7, 11) is 1.71. The third-order valence-electron chi connectivity index (χ3n) is 3.04. The quantitative estimate of drug-likeness (QED) is 0.689. The molecule has 1 atom stereocenters. The van der Waals surface area contributed by atoms with Gasteiger partial charge in [-0.25, -0.2) is 0 Å². The fraction of sp³-hybridized carbons (Fsp3) is 0.538. The molecule has 0 amide bonds. The van der Waals surface area contributed by atoms with E-state index in [1.807, 2.05) is 25.1 Å². The summed E-state index contributed by atoms with van der Waals surface area (Å²) in [5, 5.41) is 0. The van der Waals surface area contributed by atoms with Crippen LogP contribution in [0.25, 0.3) is 0 Å². The lowest BCUT2D eigenvalue weighted by Crippen LogP contribution is -2.35. The minimum absolute atomic E-state index is 0.125. The van der Waals surface area contributed by atoms with Crippen molar-refractivity contribution in [3.63, 3.8) is 0 Å². The van der Waals surface area contributed by atoms with Crippen molar-refractivity contribution in [1.29, 1.82) is 0 Å². The van der Waals surface area contributed by atoms with Crippen LogP contribution >= 0.6 is 39.1 Å². The molecule has 96 valence electrons. The molecule has 1 aromatic rings. The Morgan fingerprint density at radius 3 is 2.35 bits per heavy atom. The van der Waals surface area contributed by atoms with Gasteiger partial charge in [-0.2, -0.15) is 0 Å². The Balaban J connectivity index is 3.11. The molecular weight excluding hydrogens is 323 g/mol. The molecule has 0 saturated heterocycles. The zero-order chi connectivity index (χ0) is 12.9. The van der Waals surface area contributed by atoms with E-state index in [-0.39, 0.29) is 11.5 Å². The Kier molecular flexibility index (Phi) is 6.28. The van der Waals surface area contributed by atoms with Gasteiger partial charge in [-0.15, -0.1) is 23.2 Å². The molecule has 1 unspecified atom stereocenters. The van der Waals surface area contributed by atoms with Gasteiger partial charge >= 0.3 is 0 Å². The predicted molar refractivity (Wildman–Crippen MR) is 78.3 cm³/mol. The van der Waals surface area contributed by atoms with Crippen LogP contribution in [0.4, 0.5) is 0 Å². The van der Waals surface area contributed by atoms with Gasteiger partial charge in [0.25, 0.3) is 0 Å². The van der Waals surface area contributed by atoms with Gasteiger partial charge in [-0.05, 0) is 25.0 Å². The molecule has 0 aromatic heterocycles. The first-order chi connectivity index (χ1) is 8.09. The maximum Gasteiger partial charge on any atom is 0.0552 e. The van der Waals surface area contributed by atoms with E-state index < -0.39 is 0 Å². The maximum absolute atomic E-state index is 6.17.